The highest BCUT2D eigenvalue weighted by atomic mass is 35.5. The number of aryl methyl sites for hydroxylation is 2. The molecule has 3 rings (SSSR count). The Labute approximate surface area is 160 Å². The fourth-order valence-corrected chi connectivity index (χ4v) is 3.04. The molecule has 0 saturated carbocycles. The Balaban J connectivity index is 1.71. The van der Waals surface area contributed by atoms with Gasteiger partial charge in [0.1, 0.15) is 6.33 Å². The molecule has 0 spiro atoms. The first-order valence-corrected chi connectivity index (χ1v) is 8.62. The second kappa shape index (κ2) is 7.71. The van der Waals surface area contributed by atoms with E-state index in [4.69, 9.17) is 11.6 Å². The summed E-state index contributed by atoms with van der Waals surface area (Å²) in [6, 6.07) is 4.66. The monoisotopic (exact) mass is 387 g/mol. The molecule has 9 heteroatoms. The van der Waals surface area contributed by atoms with Crippen LogP contribution < -0.4 is 5.32 Å². The lowest BCUT2D eigenvalue weighted by Gasteiger charge is -2.11. The molecule has 2 heterocycles. The molecule has 8 nitrogen and oxygen atoms in total. The molecule has 1 amide bonds. The van der Waals surface area contributed by atoms with Gasteiger partial charge in [0.2, 0.25) is 5.91 Å². The summed E-state index contributed by atoms with van der Waals surface area (Å²) in [6.45, 7) is 3.81. The van der Waals surface area contributed by atoms with Gasteiger partial charge in [0, 0.05) is 23.5 Å². The minimum Gasteiger partial charge on any atom is -0.465 e. The van der Waals surface area contributed by atoms with Crippen molar-refractivity contribution in [2.24, 2.45) is 0 Å². The van der Waals surface area contributed by atoms with Crippen molar-refractivity contribution in [3.05, 3.63) is 52.1 Å². The van der Waals surface area contributed by atoms with Gasteiger partial charge < -0.3 is 10.1 Å². The molecular weight excluding hydrogens is 370 g/mol. The number of halogens is 1. The van der Waals surface area contributed by atoms with Gasteiger partial charge in [-0.2, -0.15) is 10.1 Å². The van der Waals surface area contributed by atoms with E-state index in [0.29, 0.717) is 17.9 Å². The van der Waals surface area contributed by atoms with Gasteiger partial charge in [0.25, 0.3) is 5.78 Å². The van der Waals surface area contributed by atoms with Crippen molar-refractivity contribution in [1.29, 1.82) is 0 Å². The van der Waals surface area contributed by atoms with E-state index in [-0.39, 0.29) is 22.9 Å². The smallest absolute Gasteiger partial charge is 0.339 e. The number of carbonyl (C=O) groups is 2. The Bertz CT molecular complexity index is 1030. The summed E-state index contributed by atoms with van der Waals surface area (Å²) in [6.07, 6.45) is 2.20. The number of ether oxygens (including phenoxy) is 1. The summed E-state index contributed by atoms with van der Waals surface area (Å²) in [5.41, 5.74) is 3.35. The quantitative estimate of drug-likeness (QED) is 0.676. The van der Waals surface area contributed by atoms with Crippen molar-refractivity contribution in [2.75, 3.05) is 12.4 Å². The lowest BCUT2D eigenvalue weighted by atomic mass is 10.1. The van der Waals surface area contributed by atoms with Gasteiger partial charge in [-0.3, -0.25) is 4.79 Å². The third-order valence-corrected chi connectivity index (χ3v) is 4.58. The van der Waals surface area contributed by atoms with Crippen LogP contribution in [0, 0.1) is 13.8 Å². The molecule has 3 aromatic rings. The SMILES string of the molecule is COC(=O)c1cc(NC(=O)CCc2c(C)nc3ncnn3c2C)ccc1Cl. The number of benzene rings is 1. The number of aromatic nitrogens is 4. The highest BCUT2D eigenvalue weighted by Crippen LogP contribution is 2.22. The Hall–Kier alpha value is -3.00. The number of nitrogens with one attached hydrogen (secondary N) is 1. The number of methoxy groups -OCH3 is 1. The Morgan fingerprint density at radius 2 is 2.07 bits per heavy atom. The first-order chi connectivity index (χ1) is 12.9. The number of carbonyl (C=O) groups excluding carboxylic acids is 2. The number of hydrogen-bond acceptors (Lipinski definition) is 6. The molecule has 0 bridgehead atoms. The molecule has 0 radical (unpaired) electrons. The molecule has 0 atom stereocenters. The van der Waals surface area contributed by atoms with Crippen LogP contribution in [0.3, 0.4) is 0 Å². The van der Waals surface area contributed by atoms with E-state index in [9.17, 15) is 9.59 Å². The van der Waals surface area contributed by atoms with Crippen LogP contribution in [-0.2, 0) is 16.0 Å². The van der Waals surface area contributed by atoms with Gasteiger partial charge in [0.05, 0.1) is 17.7 Å². The van der Waals surface area contributed by atoms with Crippen molar-refractivity contribution in [1.82, 2.24) is 19.6 Å². The maximum atomic E-state index is 12.3. The van der Waals surface area contributed by atoms with Crippen LogP contribution in [0.25, 0.3) is 5.78 Å². The standard InChI is InChI=1S/C18H18ClN5O3/c1-10-13(11(2)24-18(22-10)20-9-21-24)5-7-16(25)23-12-4-6-15(19)14(8-12)17(26)27-3/h4,6,8-9H,5,7H2,1-3H3,(H,23,25). The maximum absolute atomic E-state index is 12.3. The molecule has 1 aromatic carbocycles. The van der Waals surface area contributed by atoms with Crippen LogP contribution in [0.2, 0.25) is 5.02 Å². The summed E-state index contributed by atoms with van der Waals surface area (Å²) in [5.74, 6) is -0.213. The van der Waals surface area contributed by atoms with Gasteiger partial charge in [0.15, 0.2) is 0 Å². The molecule has 27 heavy (non-hydrogen) atoms. The van der Waals surface area contributed by atoms with E-state index in [1.165, 1.54) is 19.5 Å². The normalized spacial score (nSPS) is 10.8. The largest absolute Gasteiger partial charge is 0.465 e. The zero-order valence-corrected chi connectivity index (χ0v) is 15.9. The summed E-state index contributed by atoms with van der Waals surface area (Å²) in [5, 5.41) is 7.18. The van der Waals surface area contributed by atoms with E-state index in [1.807, 2.05) is 13.8 Å². The predicted octanol–water partition coefficient (Wildman–Crippen LogP) is 2.75. The molecule has 0 aliphatic carbocycles. The minimum absolute atomic E-state index is 0.189. The second-order valence-electron chi connectivity index (χ2n) is 5.97. The van der Waals surface area contributed by atoms with Crippen LogP contribution in [0.15, 0.2) is 24.5 Å². The predicted molar refractivity (Wildman–Crippen MR) is 100.0 cm³/mol. The van der Waals surface area contributed by atoms with Gasteiger partial charge in [-0.15, -0.1) is 0 Å². The Kier molecular flexibility index (Phi) is 5.36. The average molecular weight is 388 g/mol. The molecule has 0 aliphatic heterocycles. The summed E-state index contributed by atoms with van der Waals surface area (Å²) >= 11 is 5.99. The van der Waals surface area contributed by atoms with Crippen LogP contribution in [0.1, 0.15) is 33.7 Å². The van der Waals surface area contributed by atoms with Crippen LogP contribution in [-0.4, -0.2) is 38.6 Å². The number of nitrogens with zero attached hydrogens (tertiary/aromatic N) is 4. The number of amides is 1. The maximum Gasteiger partial charge on any atom is 0.339 e. The molecule has 2 aromatic heterocycles. The second-order valence-corrected chi connectivity index (χ2v) is 6.37. The molecule has 0 fully saturated rings. The fourth-order valence-electron chi connectivity index (χ4n) is 2.85. The lowest BCUT2D eigenvalue weighted by Crippen LogP contribution is -2.15. The highest BCUT2D eigenvalue weighted by Gasteiger charge is 2.15. The Morgan fingerprint density at radius 3 is 2.81 bits per heavy atom. The van der Waals surface area contributed by atoms with Crippen molar-refractivity contribution < 1.29 is 14.3 Å². The zero-order chi connectivity index (χ0) is 19.6. The highest BCUT2D eigenvalue weighted by molar-refractivity contribution is 6.33. The third-order valence-electron chi connectivity index (χ3n) is 4.25. The van der Waals surface area contributed by atoms with Gasteiger partial charge in [-0.25, -0.2) is 14.3 Å². The van der Waals surface area contributed by atoms with Crippen molar-refractivity contribution in [2.45, 2.75) is 26.7 Å². The zero-order valence-electron chi connectivity index (χ0n) is 15.1. The van der Waals surface area contributed by atoms with Gasteiger partial charge in [-0.05, 0) is 44.0 Å². The number of hydrogen-bond donors (Lipinski definition) is 1. The van der Waals surface area contributed by atoms with Gasteiger partial charge >= 0.3 is 5.97 Å². The number of esters is 1. The van der Waals surface area contributed by atoms with Gasteiger partial charge in [-0.1, -0.05) is 11.6 Å². The first kappa shape index (κ1) is 18.8. The summed E-state index contributed by atoms with van der Waals surface area (Å²) in [4.78, 5) is 32.5. The summed E-state index contributed by atoms with van der Waals surface area (Å²) < 4.78 is 6.34. The van der Waals surface area contributed by atoms with E-state index in [0.717, 1.165) is 17.0 Å². The van der Waals surface area contributed by atoms with Crippen LogP contribution in [0.4, 0.5) is 5.69 Å². The molecule has 0 saturated heterocycles. The molecule has 140 valence electrons. The molecule has 1 N–H and O–H groups in total. The lowest BCUT2D eigenvalue weighted by molar-refractivity contribution is -0.116. The van der Waals surface area contributed by atoms with Crippen molar-refractivity contribution in [3.63, 3.8) is 0 Å². The molecule has 0 aliphatic rings. The van der Waals surface area contributed by atoms with E-state index in [1.54, 1.807) is 16.6 Å². The number of rotatable bonds is 5. The molecule has 0 unspecified atom stereocenters. The van der Waals surface area contributed by atoms with Crippen LogP contribution in [0.5, 0.6) is 0 Å². The fraction of sp³-hybridized carbons (Fsp3) is 0.278. The van der Waals surface area contributed by atoms with Crippen LogP contribution >= 0.6 is 11.6 Å². The van der Waals surface area contributed by atoms with Crippen molar-refractivity contribution >= 4 is 34.9 Å². The Morgan fingerprint density at radius 1 is 1.30 bits per heavy atom. The first-order valence-electron chi connectivity index (χ1n) is 8.24. The van der Waals surface area contributed by atoms with E-state index in [2.05, 4.69) is 25.1 Å². The number of anilines is 1. The van der Waals surface area contributed by atoms with E-state index >= 15 is 0 Å². The topological polar surface area (TPSA) is 98.5 Å². The van der Waals surface area contributed by atoms with E-state index < -0.39 is 5.97 Å². The minimum atomic E-state index is -0.561. The molecular formula is C18H18ClN5O3. The number of fused-ring (bicyclic) bond motifs is 1. The van der Waals surface area contributed by atoms with Crippen molar-refractivity contribution in [3.8, 4) is 0 Å². The third kappa shape index (κ3) is 3.90. The summed E-state index contributed by atoms with van der Waals surface area (Å²) in [7, 11) is 1.27. The average Bonchev–Trinajstić information content (AvgIpc) is 3.11.